The molecule has 1 aliphatic heterocycles. The van der Waals surface area contributed by atoms with E-state index in [1.54, 1.807) is 18.2 Å². The number of rotatable bonds is 5. The van der Waals surface area contributed by atoms with Crippen molar-refractivity contribution in [2.24, 2.45) is 0 Å². The van der Waals surface area contributed by atoms with Gasteiger partial charge in [-0.3, -0.25) is 9.69 Å². The molecule has 0 spiro atoms. The quantitative estimate of drug-likeness (QED) is 0.780. The fraction of sp³-hybridized carbons (Fsp3) is 0.500. The van der Waals surface area contributed by atoms with Crippen LogP contribution in [0, 0.1) is 0 Å². The third-order valence-electron chi connectivity index (χ3n) is 3.20. The van der Waals surface area contributed by atoms with Crippen molar-refractivity contribution in [3.8, 4) is 5.75 Å². The summed E-state index contributed by atoms with van der Waals surface area (Å²) in [6.07, 6.45) is -4.34. The van der Waals surface area contributed by atoms with Crippen LogP contribution in [0.3, 0.4) is 0 Å². The zero-order valence-corrected chi connectivity index (χ0v) is 11.2. The lowest BCUT2D eigenvalue weighted by atomic mass is 10.1. The summed E-state index contributed by atoms with van der Waals surface area (Å²) < 4.78 is 41.6. The summed E-state index contributed by atoms with van der Waals surface area (Å²) in [7, 11) is 1.51. The number of benzene rings is 1. The first kappa shape index (κ1) is 14.8. The van der Waals surface area contributed by atoms with E-state index >= 15 is 0 Å². The highest BCUT2D eigenvalue weighted by molar-refractivity contribution is 5.98. The highest BCUT2D eigenvalue weighted by Gasteiger charge is 2.27. The van der Waals surface area contributed by atoms with E-state index in [0.29, 0.717) is 12.2 Å². The Kier molecular flexibility index (Phi) is 4.32. The number of ether oxygens (including phenoxy) is 1. The number of Topliss-reactive ketones (excluding diaryl/α,β-unsaturated/α-hetero) is 1. The Bertz CT molecular complexity index is 500. The van der Waals surface area contributed by atoms with Gasteiger partial charge < -0.3 is 4.74 Å². The van der Waals surface area contributed by atoms with Crippen molar-refractivity contribution in [3.63, 3.8) is 0 Å². The molecule has 3 nitrogen and oxygen atoms in total. The minimum Gasteiger partial charge on any atom is -0.493 e. The molecular formula is C14H16F3NO2. The molecule has 1 aliphatic rings. The molecule has 0 saturated carbocycles. The molecule has 0 N–H and O–H groups in total. The van der Waals surface area contributed by atoms with E-state index in [4.69, 9.17) is 4.74 Å². The van der Waals surface area contributed by atoms with Crippen LogP contribution in [0.2, 0.25) is 0 Å². The van der Waals surface area contributed by atoms with Crippen LogP contribution < -0.4 is 4.74 Å². The zero-order chi connectivity index (χ0) is 14.8. The lowest BCUT2D eigenvalue weighted by Gasteiger charge is -2.17. The lowest BCUT2D eigenvalue weighted by Crippen LogP contribution is -2.29. The largest absolute Gasteiger partial charge is 0.493 e. The molecule has 0 unspecified atom stereocenters. The molecule has 0 fully saturated rings. The second-order valence-electron chi connectivity index (χ2n) is 4.95. The third kappa shape index (κ3) is 3.96. The SMILES string of the molecule is CN(CCC(F)(F)F)CC(=O)c1ccc2c(c1)CCO2. The van der Waals surface area contributed by atoms with Crippen molar-refractivity contribution >= 4 is 5.78 Å². The number of carbonyl (C=O) groups excluding carboxylic acids is 1. The third-order valence-corrected chi connectivity index (χ3v) is 3.20. The first-order valence-corrected chi connectivity index (χ1v) is 6.39. The van der Waals surface area contributed by atoms with Crippen molar-refractivity contribution in [2.75, 3.05) is 26.7 Å². The van der Waals surface area contributed by atoms with Gasteiger partial charge in [0.2, 0.25) is 0 Å². The van der Waals surface area contributed by atoms with E-state index < -0.39 is 12.6 Å². The van der Waals surface area contributed by atoms with Crippen LogP contribution in [-0.2, 0) is 6.42 Å². The molecule has 20 heavy (non-hydrogen) atoms. The van der Waals surface area contributed by atoms with Gasteiger partial charge in [0.05, 0.1) is 19.6 Å². The Labute approximate surface area is 115 Å². The molecule has 1 heterocycles. The van der Waals surface area contributed by atoms with Gasteiger partial charge in [-0.05, 0) is 30.8 Å². The Hall–Kier alpha value is -1.56. The highest BCUT2D eigenvalue weighted by Crippen LogP contribution is 2.26. The van der Waals surface area contributed by atoms with E-state index in [9.17, 15) is 18.0 Å². The maximum atomic E-state index is 12.1. The molecule has 0 amide bonds. The molecule has 1 aromatic carbocycles. The molecule has 0 bridgehead atoms. The summed E-state index contributed by atoms with van der Waals surface area (Å²) in [6, 6.07) is 5.16. The van der Waals surface area contributed by atoms with E-state index in [1.165, 1.54) is 11.9 Å². The number of hydrogen-bond donors (Lipinski definition) is 0. The summed E-state index contributed by atoms with van der Waals surface area (Å²) in [5, 5.41) is 0. The molecule has 6 heteroatoms. The fourth-order valence-electron chi connectivity index (χ4n) is 2.09. The van der Waals surface area contributed by atoms with Crippen LogP contribution in [0.1, 0.15) is 22.3 Å². The van der Waals surface area contributed by atoms with Crippen LogP contribution >= 0.6 is 0 Å². The highest BCUT2D eigenvalue weighted by atomic mass is 19.4. The summed E-state index contributed by atoms with van der Waals surface area (Å²) >= 11 is 0. The van der Waals surface area contributed by atoms with E-state index in [1.807, 2.05) is 0 Å². The molecule has 0 saturated heterocycles. The molecule has 0 aliphatic carbocycles. The minimum absolute atomic E-state index is 0.0181. The maximum absolute atomic E-state index is 12.1. The summed E-state index contributed by atoms with van der Waals surface area (Å²) in [5.41, 5.74) is 1.50. The van der Waals surface area contributed by atoms with Crippen molar-refractivity contribution in [3.05, 3.63) is 29.3 Å². The first-order valence-electron chi connectivity index (χ1n) is 6.39. The van der Waals surface area contributed by atoms with E-state index in [0.717, 1.165) is 17.7 Å². The zero-order valence-electron chi connectivity index (χ0n) is 11.2. The van der Waals surface area contributed by atoms with Crippen LogP contribution in [0.25, 0.3) is 0 Å². The number of fused-ring (bicyclic) bond motifs is 1. The monoisotopic (exact) mass is 287 g/mol. The second-order valence-corrected chi connectivity index (χ2v) is 4.95. The van der Waals surface area contributed by atoms with Gasteiger partial charge in [-0.15, -0.1) is 0 Å². The van der Waals surface area contributed by atoms with Gasteiger partial charge in [0.15, 0.2) is 5.78 Å². The Balaban J connectivity index is 1.91. The average Bonchev–Trinajstić information content (AvgIpc) is 2.82. The first-order chi connectivity index (χ1) is 9.35. The number of alkyl halides is 3. The van der Waals surface area contributed by atoms with Crippen molar-refractivity contribution < 1.29 is 22.7 Å². The number of nitrogens with zero attached hydrogens (tertiary/aromatic N) is 1. The number of ketones is 1. The van der Waals surface area contributed by atoms with Crippen LogP contribution in [0.4, 0.5) is 13.2 Å². The van der Waals surface area contributed by atoms with Crippen molar-refractivity contribution in [1.29, 1.82) is 0 Å². The molecule has 110 valence electrons. The molecule has 0 aromatic heterocycles. The van der Waals surface area contributed by atoms with Crippen LogP contribution in [-0.4, -0.2) is 43.6 Å². The number of likely N-dealkylation sites (N-methyl/N-ethyl adjacent to an activating group) is 1. The molecular weight excluding hydrogens is 271 g/mol. The number of hydrogen-bond acceptors (Lipinski definition) is 3. The molecule has 0 radical (unpaired) electrons. The molecule has 0 atom stereocenters. The van der Waals surface area contributed by atoms with Gasteiger partial charge in [-0.1, -0.05) is 0 Å². The summed E-state index contributed by atoms with van der Waals surface area (Å²) in [4.78, 5) is 13.4. The van der Waals surface area contributed by atoms with Gasteiger partial charge in [-0.2, -0.15) is 13.2 Å². The predicted octanol–water partition coefficient (Wildman–Crippen LogP) is 2.69. The van der Waals surface area contributed by atoms with Crippen molar-refractivity contribution in [2.45, 2.75) is 19.0 Å². The number of carbonyl (C=O) groups is 1. The summed E-state index contributed by atoms with van der Waals surface area (Å²) in [5.74, 6) is 0.608. The smallest absolute Gasteiger partial charge is 0.390 e. The van der Waals surface area contributed by atoms with Crippen LogP contribution in [0.15, 0.2) is 18.2 Å². The standard InChI is InChI=1S/C14H16F3NO2/c1-18(6-5-14(15,16)17)9-12(19)10-2-3-13-11(8-10)4-7-20-13/h2-3,8H,4-7,9H2,1H3. The Morgan fingerprint density at radius 3 is 2.85 bits per heavy atom. The predicted molar refractivity (Wildman–Crippen MR) is 68.1 cm³/mol. The van der Waals surface area contributed by atoms with E-state index in [2.05, 4.69) is 0 Å². The normalized spacial score (nSPS) is 14.2. The van der Waals surface area contributed by atoms with Gasteiger partial charge in [-0.25, -0.2) is 0 Å². The maximum Gasteiger partial charge on any atom is 0.390 e. The molecule has 2 rings (SSSR count). The van der Waals surface area contributed by atoms with E-state index in [-0.39, 0.29) is 18.9 Å². The second kappa shape index (κ2) is 5.83. The Morgan fingerprint density at radius 1 is 1.40 bits per heavy atom. The Morgan fingerprint density at radius 2 is 2.15 bits per heavy atom. The van der Waals surface area contributed by atoms with Crippen LogP contribution in [0.5, 0.6) is 5.75 Å². The van der Waals surface area contributed by atoms with Gasteiger partial charge in [0.25, 0.3) is 0 Å². The lowest BCUT2D eigenvalue weighted by molar-refractivity contribution is -0.137. The average molecular weight is 287 g/mol. The minimum atomic E-state index is -4.19. The fourth-order valence-corrected chi connectivity index (χ4v) is 2.09. The number of halogens is 3. The summed E-state index contributed by atoms with van der Waals surface area (Å²) in [6.45, 7) is 0.414. The molecule has 1 aromatic rings. The van der Waals surface area contributed by atoms with Gasteiger partial charge >= 0.3 is 6.18 Å². The van der Waals surface area contributed by atoms with Gasteiger partial charge in [0, 0.05) is 18.5 Å². The topological polar surface area (TPSA) is 29.5 Å². The van der Waals surface area contributed by atoms with Gasteiger partial charge in [0.1, 0.15) is 5.75 Å². The van der Waals surface area contributed by atoms with Crippen molar-refractivity contribution in [1.82, 2.24) is 4.90 Å².